The second-order valence-electron chi connectivity index (χ2n) is 4.59. The van der Waals surface area contributed by atoms with Crippen LogP contribution in [0, 0.1) is 0 Å². The maximum absolute atomic E-state index is 12.1. The van der Waals surface area contributed by atoms with E-state index in [0.29, 0.717) is 11.3 Å². The summed E-state index contributed by atoms with van der Waals surface area (Å²) in [4.78, 5) is 15.9. The summed E-state index contributed by atoms with van der Waals surface area (Å²) in [5.41, 5.74) is 1.00. The Kier molecular flexibility index (Phi) is 3.58. The Morgan fingerprint density at radius 1 is 1.05 bits per heavy atom. The molecule has 104 valence electrons. The summed E-state index contributed by atoms with van der Waals surface area (Å²) in [7, 11) is 0. The number of aromatic nitrogens is 1. The van der Waals surface area contributed by atoms with Crippen LogP contribution in [0.15, 0.2) is 59.3 Å². The number of rotatable bonds is 2. The van der Waals surface area contributed by atoms with E-state index in [0.717, 1.165) is 15.2 Å². The van der Waals surface area contributed by atoms with Gasteiger partial charge in [-0.15, -0.1) is 0 Å². The highest BCUT2D eigenvalue weighted by Crippen LogP contribution is 2.23. The summed E-state index contributed by atoms with van der Waals surface area (Å²) in [5, 5.41) is 14.3. The number of nitrogens with zero attached hydrogens (tertiary/aromatic N) is 1. The highest BCUT2D eigenvalue weighted by Gasteiger charge is 2.07. The van der Waals surface area contributed by atoms with Gasteiger partial charge in [0.25, 0.3) is 5.91 Å². The largest absolute Gasteiger partial charge is 0.506 e. The number of aromatic hydroxyl groups is 1. The van der Waals surface area contributed by atoms with E-state index in [-0.39, 0.29) is 11.7 Å². The van der Waals surface area contributed by atoms with Gasteiger partial charge in [-0.2, -0.15) is 0 Å². The molecule has 1 amide bonds. The molecule has 3 rings (SSSR count). The van der Waals surface area contributed by atoms with Gasteiger partial charge in [-0.1, -0.05) is 28.1 Å². The van der Waals surface area contributed by atoms with Crippen LogP contribution in [-0.2, 0) is 0 Å². The lowest BCUT2D eigenvalue weighted by atomic mass is 10.1. The quantitative estimate of drug-likeness (QED) is 0.741. The molecular formula is C16H11BrN2O2. The minimum absolute atomic E-state index is 0.0361. The SMILES string of the molecule is O=C(Nc1ccc2cc(Br)ccc2c1)c1cncc(O)c1. The number of hydrogen-bond acceptors (Lipinski definition) is 3. The molecule has 0 spiro atoms. The van der Waals surface area contributed by atoms with Crippen molar-refractivity contribution in [1.82, 2.24) is 4.98 Å². The Morgan fingerprint density at radius 3 is 2.62 bits per heavy atom. The zero-order chi connectivity index (χ0) is 14.8. The molecule has 0 atom stereocenters. The molecule has 0 fully saturated rings. The molecule has 21 heavy (non-hydrogen) atoms. The van der Waals surface area contributed by atoms with E-state index < -0.39 is 0 Å². The fourth-order valence-corrected chi connectivity index (χ4v) is 2.43. The number of amides is 1. The van der Waals surface area contributed by atoms with Crippen LogP contribution < -0.4 is 5.32 Å². The van der Waals surface area contributed by atoms with Crippen molar-refractivity contribution in [2.24, 2.45) is 0 Å². The predicted molar refractivity (Wildman–Crippen MR) is 85.5 cm³/mol. The summed E-state index contributed by atoms with van der Waals surface area (Å²) >= 11 is 3.43. The van der Waals surface area contributed by atoms with Gasteiger partial charge in [0, 0.05) is 16.4 Å². The number of halogens is 1. The van der Waals surface area contributed by atoms with E-state index >= 15 is 0 Å². The van der Waals surface area contributed by atoms with E-state index in [9.17, 15) is 9.90 Å². The minimum atomic E-state index is -0.310. The summed E-state index contributed by atoms with van der Waals surface area (Å²) < 4.78 is 1.01. The number of anilines is 1. The lowest BCUT2D eigenvalue weighted by Crippen LogP contribution is -2.11. The first-order valence-corrected chi connectivity index (χ1v) is 7.06. The van der Waals surface area contributed by atoms with Gasteiger partial charge >= 0.3 is 0 Å². The number of carbonyl (C=O) groups is 1. The Morgan fingerprint density at radius 2 is 1.81 bits per heavy atom. The molecule has 2 N–H and O–H groups in total. The fraction of sp³-hybridized carbons (Fsp3) is 0. The molecule has 2 aromatic carbocycles. The Labute approximate surface area is 129 Å². The van der Waals surface area contributed by atoms with Crippen molar-refractivity contribution in [3.05, 3.63) is 64.9 Å². The maximum atomic E-state index is 12.1. The van der Waals surface area contributed by atoms with Gasteiger partial charge in [-0.3, -0.25) is 9.78 Å². The van der Waals surface area contributed by atoms with Crippen LogP contribution in [-0.4, -0.2) is 16.0 Å². The van der Waals surface area contributed by atoms with Crippen LogP contribution in [0.4, 0.5) is 5.69 Å². The molecule has 0 radical (unpaired) electrons. The predicted octanol–water partition coefficient (Wildman–Crippen LogP) is 3.96. The van der Waals surface area contributed by atoms with Gasteiger partial charge in [-0.05, 0) is 41.1 Å². The molecule has 0 saturated carbocycles. The van der Waals surface area contributed by atoms with E-state index in [4.69, 9.17) is 0 Å². The molecule has 0 saturated heterocycles. The van der Waals surface area contributed by atoms with Crippen LogP contribution in [0.1, 0.15) is 10.4 Å². The van der Waals surface area contributed by atoms with Gasteiger partial charge < -0.3 is 10.4 Å². The molecule has 0 aliphatic carbocycles. The summed E-state index contributed by atoms with van der Waals surface area (Å²) in [6.07, 6.45) is 2.69. The third-order valence-corrected chi connectivity index (χ3v) is 3.54. The average Bonchev–Trinajstić information content (AvgIpc) is 2.47. The zero-order valence-electron chi connectivity index (χ0n) is 10.9. The van der Waals surface area contributed by atoms with Crippen molar-refractivity contribution in [1.29, 1.82) is 0 Å². The molecule has 4 nitrogen and oxygen atoms in total. The van der Waals surface area contributed by atoms with Gasteiger partial charge in [0.1, 0.15) is 5.75 Å². The number of carbonyl (C=O) groups excluding carboxylic acids is 1. The highest BCUT2D eigenvalue weighted by atomic mass is 79.9. The summed E-state index contributed by atoms with van der Waals surface area (Å²) in [6, 6.07) is 13.0. The third kappa shape index (κ3) is 3.03. The second kappa shape index (κ2) is 5.54. The Balaban J connectivity index is 1.87. The Bertz CT molecular complexity index is 833. The lowest BCUT2D eigenvalue weighted by Gasteiger charge is -2.07. The third-order valence-electron chi connectivity index (χ3n) is 3.05. The van der Waals surface area contributed by atoms with Crippen LogP contribution in [0.25, 0.3) is 10.8 Å². The van der Waals surface area contributed by atoms with Crippen molar-refractivity contribution in [3.63, 3.8) is 0 Å². The van der Waals surface area contributed by atoms with Crippen molar-refractivity contribution >= 4 is 38.3 Å². The molecule has 5 heteroatoms. The molecular weight excluding hydrogens is 332 g/mol. The monoisotopic (exact) mass is 342 g/mol. The normalized spacial score (nSPS) is 10.5. The number of hydrogen-bond donors (Lipinski definition) is 2. The van der Waals surface area contributed by atoms with Crippen molar-refractivity contribution < 1.29 is 9.90 Å². The molecule has 0 bridgehead atoms. The topological polar surface area (TPSA) is 62.2 Å². The van der Waals surface area contributed by atoms with Crippen molar-refractivity contribution in [3.8, 4) is 5.75 Å². The van der Waals surface area contributed by atoms with E-state index in [1.165, 1.54) is 18.5 Å². The van der Waals surface area contributed by atoms with Crippen LogP contribution in [0.5, 0.6) is 5.75 Å². The van der Waals surface area contributed by atoms with Crippen LogP contribution in [0.3, 0.4) is 0 Å². The lowest BCUT2D eigenvalue weighted by molar-refractivity contribution is 0.102. The van der Waals surface area contributed by atoms with Gasteiger partial charge in [0.15, 0.2) is 0 Å². The second-order valence-corrected chi connectivity index (χ2v) is 5.51. The zero-order valence-corrected chi connectivity index (χ0v) is 12.5. The first-order chi connectivity index (χ1) is 10.1. The fourth-order valence-electron chi connectivity index (χ4n) is 2.05. The molecule has 3 aromatic rings. The number of pyridine rings is 1. The first-order valence-electron chi connectivity index (χ1n) is 6.26. The molecule has 1 aromatic heterocycles. The van der Waals surface area contributed by atoms with Crippen LogP contribution >= 0.6 is 15.9 Å². The first kappa shape index (κ1) is 13.6. The highest BCUT2D eigenvalue weighted by molar-refractivity contribution is 9.10. The number of benzene rings is 2. The van der Waals surface area contributed by atoms with E-state index in [1.54, 1.807) is 0 Å². The van der Waals surface area contributed by atoms with E-state index in [1.807, 2.05) is 36.4 Å². The molecule has 0 aliphatic rings. The number of nitrogens with one attached hydrogen (secondary N) is 1. The maximum Gasteiger partial charge on any atom is 0.257 e. The van der Waals surface area contributed by atoms with Gasteiger partial charge in [-0.25, -0.2) is 0 Å². The number of fused-ring (bicyclic) bond motifs is 1. The summed E-state index contributed by atoms with van der Waals surface area (Å²) in [6.45, 7) is 0. The standard InChI is InChI=1S/C16H11BrN2O2/c17-13-3-1-11-6-14(4-2-10(11)5-13)19-16(21)12-7-15(20)9-18-8-12/h1-9,20H,(H,19,21). The molecule has 0 unspecified atom stereocenters. The van der Waals surface area contributed by atoms with Gasteiger partial charge in [0.2, 0.25) is 0 Å². The molecule has 1 heterocycles. The van der Waals surface area contributed by atoms with Gasteiger partial charge in [0.05, 0.1) is 11.8 Å². The van der Waals surface area contributed by atoms with E-state index in [2.05, 4.69) is 26.2 Å². The molecule has 0 aliphatic heterocycles. The van der Waals surface area contributed by atoms with Crippen molar-refractivity contribution in [2.75, 3.05) is 5.32 Å². The average molecular weight is 343 g/mol. The Hall–Kier alpha value is -2.40. The smallest absolute Gasteiger partial charge is 0.257 e. The van der Waals surface area contributed by atoms with Crippen molar-refractivity contribution in [2.45, 2.75) is 0 Å². The minimum Gasteiger partial charge on any atom is -0.506 e. The summed E-state index contributed by atoms with van der Waals surface area (Å²) in [5.74, 6) is -0.346. The van der Waals surface area contributed by atoms with Crippen LogP contribution in [0.2, 0.25) is 0 Å².